The van der Waals surface area contributed by atoms with Gasteiger partial charge in [0.15, 0.2) is 0 Å². The molecular formula is C15H28O2. The Balaban J connectivity index is 3.88. The first kappa shape index (κ1) is 16.4. The molecule has 2 heteroatoms. The molecule has 1 atom stereocenters. The highest BCUT2D eigenvalue weighted by molar-refractivity contribution is 5.15. The average Bonchev–Trinajstić information content (AvgIpc) is 2.27. The van der Waals surface area contributed by atoms with Crippen molar-refractivity contribution >= 4 is 0 Å². The standard InChI is InChI=1S/C15H28O2/c1-13(9-11-15(3,4)17-5)7-6-8-14(2)10-12-16/h6,8,10,13,16H,7,9,11-12H2,1-5H3. The number of rotatable bonds is 8. The Morgan fingerprint density at radius 3 is 2.59 bits per heavy atom. The molecule has 0 aromatic carbocycles. The Kier molecular flexibility index (Phi) is 8.19. The minimum atomic E-state index is -0.00924. The fourth-order valence-corrected chi connectivity index (χ4v) is 1.51. The van der Waals surface area contributed by atoms with Crippen LogP contribution < -0.4 is 0 Å². The van der Waals surface area contributed by atoms with Gasteiger partial charge in [0, 0.05) is 7.11 Å². The molecule has 0 saturated heterocycles. The van der Waals surface area contributed by atoms with Gasteiger partial charge in [-0.3, -0.25) is 0 Å². The third-order valence-corrected chi connectivity index (χ3v) is 3.12. The summed E-state index contributed by atoms with van der Waals surface area (Å²) in [5.41, 5.74) is 1.11. The first-order chi connectivity index (χ1) is 7.91. The first-order valence-corrected chi connectivity index (χ1v) is 6.40. The second kappa shape index (κ2) is 8.48. The lowest BCUT2D eigenvalue weighted by Gasteiger charge is -2.24. The molecule has 0 rings (SSSR count). The van der Waals surface area contributed by atoms with Crippen molar-refractivity contribution in [1.82, 2.24) is 0 Å². The molecule has 0 bridgehead atoms. The number of aliphatic hydroxyl groups excluding tert-OH is 1. The molecule has 0 amide bonds. The van der Waals surface area contributed by atoms with Crippen LogP contribution in [-0.4, -0.2) is 24.4 Å². The van der Waals surface area contributed by atoms with Gasteiger partial charge in [-0.15, -0.1) is 0 Å². The average molecular weight is 240 g/mol. The largest absolute Gasteiger partial charge is 0.392 e. The van der Waals surface area contributed by atoms with E-state index >= 15 is 0 Å². The lowest BCUT2D eigenvalue weighted by molar-refractivity contribution is 0.0109. The van der Waals surface area contributed by atoms with E-state index in [0.29, 0.717) is 5.92 Å². The molecule has 0 aliphatic heterocycles. The smallest absolute Gasteiger partial charge is 0.0622 e. The normalized spacial score (nSPS) is 15.5. The Morgan fingerprint density at radius 1 is 1.41 bits per heavy atom. The molecule has 0 radical (unpaired) electrons. The zero-order valence-corrected chi connectivity index (χ0v) is 12.0. The van der Waals surface area contributed by atoms with Gasteiger partial charge < -0.3 is 9.84 Å². The lowest BCUT2D eigenvalue weighted by atomic mass is 9.94. The fraction of sp³-hybridized carbons (Fsp3) is 0.733. The van der Waals surface area contributed by atoms with E-state index in [0.717, 1.165) is 18.4 Å². The molecule has 0 fully saturated rings. The third-order valence-electron chi connectivity index (χ3n) is 3.12. The number of ether oxygens (including phenoxy) is 1. The van der Waals surface area contributed by atoms with Gasteiger partial charge in [-0.05, 0) is 46.0 Å². The van der Waals surface area contributed by atoms with Gasteiger partial charge in [-0.25, -0.2) is 0 Å². The van der Waals surface area contributed by atoms with Crippen LogP contribution in [0.2, 0.25) is 0 Å². The van der Waals surface area contributed by atoms with E-state index < -0.39 is 0 Å². The maximum Gasteiger partial charge on any atom is 0.0622 e. The summed E-state index contributed by atoms with van der Waals surface area (Å²) in [6, 6.07) is 0. The zero-order chi connectivity index (χ0) is 13.3. The Morgan fingerprint density at radius 2 is 2.06 bits per heavy atom. The molecule has 17 heavy (non-hydrogen) atoms. The van der Waals surface area contributed by atoms with Crippen LogP contribution in [0.1, 0.15) is 47.0 Å². The summed E-state index contributed by atoms with van der Waals surface area (Å²) in [7, 11) is 1.77. The fourth-order valence-electron chi connectivity index (χ4n) is 1.51. The summed E-state index contributed by atoms with van der Waals surface area (Å²) < 4.78 is 5.41. The first-order valence-electron chi connectivity index (χ1n) is 6.40. The molecule has 0 spiro atoms. The lowest BCUT2D eigenvalue weighted by Crippen LogP contribution is -2.22. The molecule has 0 saturated carbocycles. The van der Waals surface area contributed by atoms with Gasteiger partial charge in [-0.1, -0.05) is 30.7 Å². The molecule has 0 aliphatic rings. The van der Waals surface area contributed by atoms with Gasteiger partial charge in [0.1, 0.15) is 0 Å². The van der Waals surface area contributed by atoms with Gasteiger partial charge in [0.05, 0.1) is 12.2 Å². The number of hydrogen-bond donors (Lipinski definition) is 1. The summed E-state index contributed by atoms with van der Waals surface area (Å²) in [5.74, 6) is 0.669. The maximum atomic E-state index is 8.72. The Bertz CT molecular complexity index is 252. The predicted molar refractivity (Wildman–Crippen MR) is 74.1 cm³/mol. The van der Waals surface area contributed by atoms with Crippen molar-refractivity contribution in [3.05, 3.63) is 23.8 Å². The van der Waals surface area contributed by atoms with Crippen molar-refractivity contribution in [2.75, 3.05) is 13.7 Å². The third kappa shape index (κ3) is 9.13. The summed E-state index contributed by atoms with van der Waals surface area (Å²) in [5, 5.41) is 8.72. The minimum Gasteiger partial charge on any atom is -0.392 e. The van der Waals surface area contributed by atoms with Gasteiger partial charge >= 0.3 is 0 Å². The molecular weight excluding hydrogens is 212 g/mol. The highest BCUT2D eigenvalue weighted by atomic mass is 16.5. The van der Waals surface area contributed by atoms with Crippen LogP contribution in [-0.2, 0) is 4.74 Å². The molecule has 100 valence electrons. The second-order valence-electron chi connectivity index (χ2n) is 5.38. The van der Waals surface area contributed by atoms with E-state index in [2.05, 4.69) is 32.9 Å². The van der Waals surface area contributed by atoms with Crippen LogP contribution in [0.15, 0.2) is 23.8 Å². The predicted octanol–water partition coefficient (Wildman–Crippen LogP) is 3.71. The number of methoxy groups -OCH3 is 1. The summed E-state index contributed by atoms with van der Waals surface area (Å²) in [6.07, 6.45) is 9.42. The van der Waals surface area contributed by atoms with Crippen LogP contribution in [0.5, 0.6) is 0 Å². The monoisotopic (exact) mass is 240 g/mol. The summed E-state index contributed by atoms with van der Waals surface area (Å²) >= 11 is 0. The number of hydrogen-bond acceptors (Lipinski definition) is 2. The molecule has 1 N–H and O–H groups in total. The molecule has 0 aromatic heterocycles. The van der Waals surface area contributed by atoms with Gasteiger partial charge in [-0.2, -0.15) is 0 Å². The summed E-state index contributed by atoms with van der Waals surface area (Å²) in [6.45, 7) is 8.65. The topological polar surface area (TPSA) is 29.5 Å². The van der Waals surface area contributed by atoms with E-state index in [1.54, 1.807) is 7.11 Å². The van der Waals surface area contributed by atoms with Crippen LogP contribution in [0.4, 0.5) is 0 Å². The number of allylic oxidation sites excluding steroid dienone is 3. The molecule has 2 nitrogen and oxygen atoms in total. The van der Waals surface area contributed by atoms with E-state index in [-0.39, 0.29) is 12.2 Å². The van der Waals surface area contributed by atoms with Crippen LogP contribution in [0.25, 0.3) is 0 Å². The van der Waals surface area contributed by atoms with Crippen molar-refractivity contribution < 1.29 is 9.84 Å². The van der Waals surface area contributed by atoms with Gasteiger partial charge in [0.25, 0.3) is 0 Å². The molecule has 0 heterocycles. The highest BCUT2D eigenvalue weighted by Crippen LogP contribution is 2.21. The van der Waals surface area contributed by atoms with Crippen LogP contribution in [0.3, 0.4) is 0 Å². The highest BCUT2D eigenvalue weighted by Gasteiger charge is 2.16. The zero-order valence-electron chi connectivity index (χ0n) is 12.0. The minimum absolute atomic E-state index is 0.00924. The van der Waals surface area contributed by atoms with Crippen molar-refractivity contribution in [3.63, 3.8) is 0 Å². The second-order valence-corrected chi connectivity index (χ2v) is 5.38. The van der Waals surface area contributed by atoms with E-state index in [1.807, 2.05) is 13.0 Å². The van der Waals surface area contributed by atoms with E-state index in [9.17, 15) is 0 Å². The maximum absolute atomic E-state index is 8.72. The SMILES string of the molecule is COC(C)(C)CCC(C)CC=CC(C)=CCO. The quantitative estimate of drug-likeness (QED) is 0.655. The van der Waals surface area contributed by atoms with Gasteiger partial charge in [0.2, 0.25) is 0 Å². The van der Waals surface area contributed by atoms with Crippen molar-refractivity contribution in [1.29, 1.82) is 0 Å². The van der Waals surface area contributed by atoms with Crippen molar-refractivity contribution in [2.45, 2.75) is 52.6 Å². The Hall–Kier alpha value is -0.600. The molecule has 0 aromatic rings. The van der Waals surface area contributed by atoms with Crippen LogP contribution >= 0.6 is 0 Å². The van der Waals surface area contributed by atoms with Crippen LogP contribution in [0, 0.1) is 5.92 Å². The van der Waals surface area contributed by atoms with E-state index in [1.165, 1.54) is 6.42 Å². The van der Waals surface area contributed by atoms with Crippen molar-refractivity contribution in [2.24, 2.45) is 5.92 Å². The number of aliphatic hydroxyl groups is 1. The Labute approximate surface area is 106 Å². The van der Waals surface area contributed by atoms with E-state index in [4.69, 9.17) is 9.84 Å². The summed E-state index contributed by atoms with van der Waals surface area (Å²) in [4.78, 5) is 0. The molecule has 0 aliphatic carbocycles. The van der Waals surface area contributed by atoms with Crippen molar-refractivity contribution in [3.8, 4) is 0 Å². The molecule has 1 unspecified atom stereocenters.